The number of amides is 1. The van der Waals surface area contributed by atoms with E-state index in [1.807, 2.05) is 12.1 Å². The zero-order valence-corrected chi connectivity index (χ0v) is 16.2. The lowest BCUT2D eigenvalue weighted by molar-refractivity contribution is -0.128. The van der Waals surface area contributed by atoms with E-state index in [9.17, 15) is 4.79 Å². The molecule has 6 nitrogen and oxygen atoms in total. The van der Waals surface area contributed by atoms with Gasteiger partial charge >= 0.3 is 0 Å². The van der Waals surface area contributed by atoms with Crippen molar-refractivity contribution < 1.29 is 9.32 Å². The van der Waals surface area contributed by atoms with Gasteiger partial charge in [0.15, 0.2) is 5.82 Å². The van der Waals surface area contributed by atoms with E-state index in [0.717, 1.165) is 31.2 Å². The molecule has 0 saturated heterocycles. The number of nitrogens with zero attached hydrogens (tertiary/aromatic N) is 2. The second-order valence-corrected chi connectivity index (χ2v) is 8.30. The fourth-order valence-corrected chi connectivity index (χ4v) is 4.77. The smallest absolute Gasteiger partial charge is 0.223 e. The lowest BCUT2D eigenvalue weighted by atomic mass is 9.65. The van der Waals surface area contributed by atoms with Crippen molar-refractivity contribution in [2.45, 2.75) is 51.1 Å². The molecule has 4 rings (SSSR count). The van der Waals surface area contributed by atoms with Crippen LogP contribution in [0.1, 0.15) is 55.4 Å². The quantitative estimate of drug-likeness (QED) is 0.837. The van der Waals surface area contributed by atoms with E-state index in [4.69, 9.17) is 21.9 Å². The zero-order valence-electron chi connectivity index (χ0n) is 15.4. The van der Waals surface area contributed by atoms with Crippen LogP contribution in [0.2, 0.25) is 5.02 Å². The van der Waals surface area contributed by atoms with Gasteiger partial charge in [0.05, 0.1) is 0 Å². The van der Waals surface area contributed by atoms with E-state index < -0.39 is 6.04 Å². The van der Waals surface area contributed by atoms with E-state index in [0.29, 0.717) is 28.6 Å². The largest absolute Gasteiger partial charge is 0.342 e. The summed E-state index contributed by atoms with van der Waals surface area (Å²) in [6.07, 6.45) is 5.22. The van der Waals surface area contributed by atoms with Crippen LogP contribution in [-0.2, 0) is 4.79 Å². The zero-order chi connectivity index (χ0) is 19.0. The van der Waals surface area contributed by atoms with Gasteiger partial charge in [-0.15, -0.1) is 0 Å². The molecule has 2 aromatic rings. The summed E-state index contributed by atoms with van der Waals surface area (Å²) in [5, 5.41) is 7.82. The SMILES string of the molecule is Cc1nc(C(NC(=O)C2CC3CCCC(C2)C3N)c2ccc(Cl)cc2)no1. The molecule has 2 aliphatic carbocycles. The Morgan fingerprint density at radius 2 is 1.93 bits per heavy atom. The van der Waals surface area contributed by atoms with Crippen molar-refractivity contribution in [1.82, 2.24) is 15.5 Å². The molecule has 2 bridgehead atoms. The fraction of sp³-hybridized carbons (Fsp3) is 0.550. The first-order chi connectivity index (χ1) is 13.0. The van der Waals surface area contributed by atoms with Crippen molar-refractivity contribution in [3.05, 3.63) is 46.6 Å². The molecule has 0 radical (unpaired) electrons. The van der Waals surface area contributed by atoms with Crippen LogP contribution in [0.15, 0.2) is 28.8 Å². The van der Waals surface area contributed by atoms with Gasteiger partial charge in [-0.25, -0.2) is 0 Å². The normalized spacial score (nSPS) is 28.6. The molecular weight excluding hydrogens is 364 g/mol. The average Bonchev–Trinajstić information content (AvgIpc) is 3.06. The molecule has 3 atom stereocenters. The minimum Gasteiger partial charge on any atom is -0.342 e. The minimum absolute atomic E-state index is 0.0112. The van der Waals surface area contributed by atoms with Crippen molar-refractivity contribution in [3.8, 4) is 0 Å². The summed E-state index contributed by atoms with van der Waals surface area (Å²) in [7, 11) is 0. The van der Waals surface area contributed by atoms with Gasteiger partial charge < -0.3 is 15.6 Å². The Labute approximate surface area is 163 Å². The third kappa shape index (κ3) is 3.87. The number of fused-ring (bicyclic) bond motifs is 2. The third-order valence-corrected chi connectivity index (χ3v) is 6.33. The van der Waals surface area contributed by atoms with Gasteiger partial charge in [0.1, 0.15) is 6.04 Å². The number of aryl methyl sites for hydroxylation is 1. The van der Waals surface area contributed by atoms with Crippen LogP contribution in [0.3, 0.4) is 0 Å². The third-order valence-electron chi connectivity index (χ3n) is 6.08. The molecule has 3 unspecified atom stereocenters. The summed E-state index contributed by atoms with van der Waals surface area (Å²) in [5.74, 6) is 1.86. The number of aromatic nitrogens is 2. The molecule has 0 spiro atoms. The maximum atomic E-state index is 13.1. The van der Waals surface area contributed by atoms with E-state index in [2.05, 4.69) is 15.5 Å². The van der Waals surface area contributed by atoms with Crippen LogP contribution < -0.4 is 11.1 Å². The summed E-state index contributed by atoms with van der Waals surface area (Å²) in [6, 6.07) is 7.15. The molecule has 3 N–H and O–H groups in total. The highest BCUT2D eigenvalue weighted by Crippen LogP contribution is 2.42. The van der Waals surface area contributed by atoms with Crippen LogP contribution >= 0.6 is 11.6 Å². The second kappa shape index (κ2) is 7.60. The van der Waals surface area contributed by atoms with Crippen molar-refractivity contribution in [1.29, 1.82) is 0 Å². The Hall–Kier alpha value is -1.92. The summed E-state index contributed by atoms with van der Waals surface area (Å²) in [4.78, 5) is 17.4. The molecule has 2 saturated carbocycles. The monoisotopic (exact) mass is 388 g/mol. The maximum Gasteiger partial charge on any atom is 0.223 e. The van der Waals surface area contributed by atoms with Crippen LogP contribution in [-0.4, -0.2) is 22.1 Å². The predicted octanol–water partition coefficient (Wildman–Crippen LogP) is 3.39. The van der Waals surface area contributed by atoms with E-state index in [1.165, 1.54) is 6.42 Å². The second-order valence-electron chi connectivity index (χ2n) is 7.86. The van der Waals surface area contributed by atoms with Gasteiger partial charge in [0.25, 0.3) is 0 Å². The Morgan fingerprint density at radius 3 is 2.52 bits per heavy atom. The maximum absolute atomic E-state index is 13.1. The van der Waals surface area contributed by atoms with Crippen LogP contribution in [0.25, 0.3) is 0 Å². The summed E-state index contributed by atoms with van der Waals surface area (Å²) >= 11 is 6.01. The fourth-order valence-electron chi connectivity index (χ4n) is 4.65. The van der Waals surface area contributed by atoms with Gasteiger partial charge in [0.2, 0.25) is 11.8 Å². The van der Waals surface area contributed by atoms with E-state index in [-0.39, 0.29) is 17.9 Å². The van der Waals surface area contributed by atoms with E-state index >= 15 is 0 Å². The number of hydrogen-bond acceptors (Lipinski definition) is 5. The molecule has 27 heavy (non-hydrogen) atoms. The first kappa shape index (κ1) is 18.4. The lowest BCUT2D eigenvalue weighted by Crippen LogP contribution is -2.49. The number of hydrogen-bond donors (Lipinski definition) is 2. The first-order valence-electron chi connectivity index (χ1n) is 9.63. The Kier molecular flexibility index (Phi) is 5.19. The van der Waals surface area contributed by atoms with E-state index in [1.54, 1.807) is 19.1 Å². The molecule has 1 amide bonds. The standard InChI is InChI=1S/C20H25ClN4O2/c1-11-23-19(25-27-11)18(12-5-7-16(21)8-6-12)24-20(26)15-9-13-3-2-4-14(10-15)17(13)22/h5-8,13-15,17-18H,2-4,9-10,22H2,1H3,(H,24,26). The number of rotatable bonds is 4. The highest BCUT2D eigenvalue weighted by atomic mass is 35.5. The predicted molar refractivity (Wildman–Crippen MR) is 102 cm³/mol. The van der Waals surface area contributed by atoms with Crippen molar-refractivity contribution in [2.75, 3.05) is 0 Å². The molecule has 7 heteroatoms. The van der Waals surface area contributed by atoms with Crippen molar-refractivity contribution in [2.24, 2.45) is 23.5 Å². The summed E-state index contributed by atoms with van der Waals surface area (Å²) < 4.78 is 5.14. The highest BCUT2D eigenvalue weighted by Gasteiger charge is 2.41. The molecule has 1 heterocycles. The van der Waals surface area contributed by atoms with Crippen molar-refractivity contribution in [3.63, 3.8) is 0 Å². The average molecular weight is 389 g/mol. The number of carbonyl (C=O) groups excluding carboxylic acids is 1. The molecule has 1 aromatic carbocycles. The number of nitrogens with two attached hydrogens (primary N) is 1. The Bertz CT molecular complexity index is 793. The minimum atomic E-state index is -0.456. The lowest BCUT2D eigenvalue weighted by Gasteiger charge is -2.43. The van der Waals surface area contributed by atoms with Gasteiger partial charge in [0, 0.05) is 23.9 Å². The molecule has 1 aromatic heterocycles. The van der Waals surface area contributed by atoms with Gasteiger partial charge in [-0.1, -0.05) is 35.3 Å². The number of benzene rings is 1. The number of nitrogens with one attached hydrogen (secondary N) is 1. The number of halogens is 1. The summed E-state index contributed by atoms with van der Waals surface area (Å²) in [6.45, 7) is 1.74. The Balaban J connectivity index is 1.54. The molecule has 2 fully saturated rings. The van der Waals surface area contributed by atoms with Gasteiger partial charge in [-0.2, -0.15) is 4.98 Å². The van der Waals surface area contributed by atoms with Gasteiger partial charge in [-0.05, 0) is 55.2 Å². The van der Waals surface area contributed by atoms with Crippen molar-refractivity contribution >= 4 is 17.5 Å². The topological polar surface area (TPSA) is 94.0 Å². The molecule has 0 aliphatic heterocycles. The number of carbonyl (C=O) groups is 1. The molecule has 2 aliphatic rings. The van der Waals surface area contributed by atoms with Crippen LogP contribution in [0.4, 0.5) is 0 Å². The Morgan fingerprint density at radius 1 is 1.26 bits per heavy atom. The van der Waals surface area contributed by atoms with Crippen LogP contribution in [0, 0.1) is 24.7 Å². The highest BCUT2D eigenvalue weighted by molar-refractivity contribution is 6.30. The van der Waals surface area contributed by atoms with Gasteiger partial charge in [-0.3, -0.25) is 4.79 Å². The summed E-state index contributed by atoms with van der Waals surface area (Å²) in [5.41, 5.74) is 7.25. The molecule has 144 valence electrons. The molecular formula is C20H25ClN4O2. The first-order valence-corrected chi connectivity index (χ1v) is 10.0. The van der Waals surface area contributed by atoms with Crippen LogP contribution in [0.5, 0.6) is 0 Å².